The number of methoxy groups -OCH3 is 1. The molecule has 5 atom stereocenters. The standard InChI is InChI=1S/C28H45ClO5/c1-5-6-18-28(2,3)25(30)17-16-22-21(13-9-7-8-10-14-26(31)32-4)23(29)20-24(22)34-27-15-11-12-19-33-27/h10,14,16-17,21-24,27H,5-9,11-13,15,18-20H2,1-4H3/b14-10-,17-16+/t21-,22-,23-,24-,27?/m1/s1. The maximum Gasteiger partial charge on any atom is 0.330 e. The van der Waals surface area contributed by atoms with Crippen molar-refractivity contribution < 1.29 is 23.8 Å². The predicted molar refractivity (Wildman–Crippen MR) is 137 cm³/mol. The summed E-state index contributed by atoms with van der Waals surface area (Å²) in [4.78, 5) is 24.2. The number of halogens is 1. The molecule has 0 amide bonds. The van der Waals surface area contributed by atoms with Crippen molar-refractivity contribution in [2.45, 2.75) is 109 Å². The first-order valence-electron chi connectivity index (χ1n) is 13.2. The van der Waals surface area contributed by atoms with Gasteiger partial charge in [0.05, 0.1) is 13.2 Å². The lowest BCUT2D eigenvalue weighted by Gasteiger charge is -2.29. The van der Waals surface area contributed by atoms with E-state index >= 15 is 0 Å². The molecule has 34 heavy (non-hydrogen) atoms. The van der Waals surface area contributed by atoms with Crippen LogP contribution >= 0.6 is 11.6 Å². The zero-order valence-electron chi connectivity index (χ0n) is 21.6. The zero-order valence-corrected chi connectivity index (χ0v) is 22.4. The van der Waals surface area contributed by atoms with E-state index in [0.29, 0.717) is 0 Å². The Morgan fingerprint density at radius 3 is 2.62 bits per heavy atom. The normalized spacial score (nSPS) is 28.1. The van der Waals surface area contributed by atoms with Crippen molar-refractivity contribution in [2.75, 3.05) is 13.7 Å². The molecule has 2 rings (SSSR count). The number of unbranched alkanes of at least 4 members (excludes halogenated alkanes) is 3. The van der Waals surface area contributed by atoms with E-state index in [4.69, 9.17) is 21.1 Å². The van der Waals surface area contributed by atoms with Crippen molar-refractivity contribution in [3.05, 3.63) is 24.3 Å². The summed E-state index contributed by atoms with van der Waals surface area (Å²) in [6.07, 6.45) is 17.7. The molecule has 0 spiro atoms. The van der Waals surface area contributed by atoms with E-state index in [9.17, 15) is 9.59 Å². The molecule has 5 nitrogen and oxygen atoms in total. The first kappa shape index (κ1) is 29.1. The van der Waals surface area contributed by atoms with Crippen LogP contribution in [0.15, 0.2) is 24.3 Å². The van der Waals surface area contributed by atoms with Crippen LogP contribution in [0.5, 0.6) is 0 Å². The summed E-state index contributed by atoms with van der Waals surface area (Å²) in [7, 11) is 1.38. The molecule has 0 bridgehead atoms. The first-order valence-corrected chi connectivity index (χ1v) is 13.6. The highest BCUT2D eigenvalue weighted by atomic mass is 35.5. The van der Waals surface area contributed by atoms with Crippen molar-refractivity contribution in [2.24, 2.45) is 17.3 Å². The maximum atomic E-state index is 13.0. The summed E-state index contributed by atoms with van der Waals surface area (Å²) < 4.78 is 16.9. The van der Waals surface area contributed by atoms with Crippen molar-refractivity contribution in [3.8, 4) is 0 Å². The summed E-state index contributed by atoms with van der Waals surface area (Å²) in [6, 6.07) is 0. The number of allylic oxidation sites excluding steroid dienone is 2. The second-order valence-electron chi connectivity index (χ2n) is 10.4. The van der Waals surface area contributed by atoms with Gasteiger partial charge in [-0.25, -0.2) is 4.79 Å². The van der Waals surface area contributed by atoms with Crippen LogP contribution in [0.25, 0.3) is 0 Å². The van der Waals surface area contributed by atoms with Gasteiger partial charge in [0.2, 0.25) is 0 Å². The molecule has 1 saturated carbocycles. The van der Waals surface area contributed by atoms with Crippen LogP contribution in [0.3, 0.4) is 0 Å². The molecule has 1 aliphatic carbocycles. The third-order valence-electron chi connectivity index (χ3n) is 7.22. The number of carbonyl (C=O) groups is 2. The highest BCUT2D eigenvalue weighted by Crippen LogP contribution is 2.43. The smallest absolute Gasteiger partial charge is 0.330 e. The van der Waals surface area contributed by atoms with Gasteiger partial charge in [-0.1, -0.05) is 52.2 Å². The maximum absolute atomic E-state index is 13.0. The Morgan fingerprint density at radius 1 is 1.15 bits per heavy atom. The number of esters is 1. The molecule has 2 aliphatic rings. The minimum Gasteiger partial charge on any atom is -0.466 e. The number of ketones is 1. The second-order valence-corrected chi connectivity index (χ2v) is 10.9. The molecule has 0 aromatic heterocycles. The molecule has 0 aromatic rings. The predicted octanol–water partition coefficient (Wildman–Crippen LogP) is 6.77. The molecule has 194 valence electrons. The molecule has 1 heterocycles. The van der Waals surface area contributed by atoms with Crippen LogP contribution in [0.1, 0.15) is 91.4 Å². The van der Waals surface area contributed by atoms with Gasteiger partial charge in [0.1, 0.15) is 0 Å². The Morgan fingerprint density at radius 2 is 1.94 bits per heavy atom. The fourth-order valence-corrected chi connectivity index (χ4v) is 5.40. The number of rotatable bonds is 14. The Bertz CT molecular complexity index is 680. The Labute approximate surface area is 211 Å². The number of ether oxygens (including phenoxy) is 3. The highest BCUT2D eigenvalue weighted by molar-refractivity contribution is 6.21. The van der Waals surface area contributed by atoms with Crippen LogP contribution < -0.4 is 0 Å². The lowest BCUT2D eigenvalue weighted by molar-refractivity contribution is -0.192. The van der Waals surface area contributed by atoms with Crippen LogP contribution in [-0.2, 0) is 23.8 Å². The lowest BCUT2D eigenvalue weighted by Crippen LogP contribution is -2.31. The monoisotopic (exact) mass is 496 g/mol. The third-order valence-corrected chi connectivity index (χ3v) is 7.72. The van der Waals surface area contributed by atoms with Crippen LogP contribution in [-0.4, -0.2) is 43.2 Å². The van der Waals surface area contributed by atoms with Crippen LogP contribution in [0.4, 0.5) is 0 Å². The summed E-state index contributed by atoms with van der Waals surface area (Å²) in [6.45, 7) is 6.98. The van der Waals surface area contributed by atoms with Gasteiger partial charge in [-0.3, -0.25) is 4.79 Å². The fraction of sp³-hybridized carbons (Fsp3) is 0.786. The van der Waals surface area contributed by atoms with Crippen LogP contribution in [0, 0.1) is 17.3 Å². The van der Waals surface area contributed by atoms with Crippen molar-refractivity contribution in [1.82, 2.24) is 0 Å². The second kappa shape index (κ2) is 15.1. The quantitative estimate of drug-likeness (QED) is 0.115. The topological polar surface area (TPSA) is 61.8 Å². The van der Waals surface area contributed by atoms with Gasteiger partial charge in [0, 0.05) is 29.4 Å². The van der Waals surface area contributed by atoms with Gasteiger partial charge in [-0.15, -0.1) is 11.6 Å². The minimum atomic E-state index is -0.351. The molecule has 1 unspecified atom stereocenters. The van der Waals surface area contributed by atoms with E-state index in [1.807, 2.05) is 19.9 Å². The fourth-order valence-electron chi connectivity index (χ4n) is 4.93. The van der Waals surface area contributed by atoms with E-state index in [1.165, 1.54) is 13.2 Å². The first-order chi connectivity index (χ1) is 16.3. The Balaban J connectivity index is 2.02. The molecule has 1 saturated heterocycles. The van der Waals surface area contributed by atoms with Crippen molar-refractivity contribution >= 4 is 23.4 Å². The number of hydrogen-bond acceptors (Lipinski definition) is 5. The van der Waals surface area contributed by atoms with Crippen LogP contribution in [0.2, 0.25) is 0 Å². The molecule has 6 heteroatoms. The largest absolute Gasteiger partial charge is 0.466 e. The summed E-state index contributed by atoms with van der Waals surface area (Å²) >= 11 is 6.84. The van der Waals surface area contributed by atoms with Crippen molar-refractivity contribution in [3.63, 3.8) is 0 Å². The molecule has 0 N–H and O–H groups in total. The molecule has 0 radical (unpaired) electrons. The number of alkyl halides is 1. The number of carbonyl (C=O) groups excluding carboxylic acids is 2. The molecular formula is C28H45ClO5. The minimum absolute atomic E-state index is 0.0112. The average molecular weight is 497 g/mol. The van der Waals surface area contributed by atoms with E-state index in [-0.39, 0.29) is 46.8 Å². The average Bonchev–Trinajstić information content (AvgIpc) is 3.12. The van der Waals surface area contributed by atoms with Gasteiger partial charge in [0.25, 0.3) is 0 Å². The van der Waals surface area contributed by atoms with Gasteiger partial charge in [0.15, 0.2) is 12.1 Å². The molecule has 1 aliphatic heterocycles. The number of hydrogen-bond donors (Lipinski definition) is 0. The van der Waals surface area contributed by atoms with Gasteiger partial charge in [-0.2, -0.15) is 0 Å². The SMILES string of the molecule is CCCCC(C)(C)C(=O)/C=C/[C@@H]1[C@@H](CCCC/C=C\C(=O)OC)[C@H](Cl)C[C@H]1OC1CCCCO1. The summed E-state index contributed by atoms with van der Waals surface area (Å²) in [5.41, 5.74) is -0.351. The van der Waals surface area contributed by atoms with Gasteiger partial charge in [-0.05, 0) is 63.4 Å². The highest BCUT2D eigenvalue weighted by Gasteiger charge is 2.42. The van der Waals surface area contributed by atoms with Gasteiger partial charge >= 0.3 is 5.97 Å². The molecular weight excluding hydrogens is 452 g/mol. The Kier molecular flexibility index (Phi) is 12.9. The van der Waals surface area contributed by atoms with E-state index in [1.54, 1.807) is 6.08 Å². The molecule has 0 aromatic carbocycles. The summed E-state index contributed by atoms with van der Waals surface area (Å²) in [5.74, 6) is 0.212. The summed E-state index contributed by atoms with van der Waals surface area (Å²) in [5, 5.41) is 0.0112. The Hall–Kier alpha value is -1.17. The molecule has 2 fully saturated rings. The zero-order chi connectivity index (χ0) is 25.0. The van der Waals surface area contributed by atoms with E-state index in [2.05, 4.69) is 17.7 Å². The van der Waals surface area contributed by atoms with Gasteiger partial charge < -0.3 is 14.2 Å². The van der Waals surface area contributed by atoms with E-state index < -0.39 is 0 Å². The van der Waals surface area contributed by atoms with E-state index in [0.717, 1.165) is 77.2 Å². The van der Waals surface area contributed by atoms with Crippen molar-refractivity contribution in [1.29, 1.82) is 0 Å². The lowest BCUT2D eigenvalue weighted by atomic mass is 9.81. The third kappa shape index (κ3) is 9.47.